The summed E-state index contributed by atoms with van der Waals surface area (Å²) in [6, 6.07) is 6.26. The lowest BCUT2D eigenvalue weighted by Crippen LogP contribution is -2.07. The summed E-state index contributed by atoms with van der Waals surface area (Å²) in [5.74, 6) is 1.24. The van der Waals surface area contributed by atoms with E-state index >= 15 is 0 Å². The van der Waals surface area contributed by atoms with Gasteiger partial charge in [0.05, 0.1) is 5.69 Å². The Balaban J connectivity index is 1.79. The fourth-order valence-corrected chi connectivity index (χ4v) is 4.56. The molecule has 1 fully saturated rings. The molecule has 0 bridgehead atoms. The molecule has 1 aliphatic carbocycles. The van der Waals surface area contributed by atoms with E-state index in [-0.39, 0.29) is 0 Å². The first kappa shape index (κ1) is 15.3. The van der Waals surface area contributed by atoms with Gasteiger partial charge in [0, 0.05) is 40.8 Å². The second-order valence-electron chi connectivity index (χ2n) is 6.35. The largest absolute Gasteiger partial charge is 0.383 e. The molecule has 4 nitrogen and oxygen atoms in total. The molecule has 0 amide bonds. The van der Waals surface area contributed by atoms with E-state index in [0.29, 0.717) is 5.82 Å². The zero-order valence-corrected chi connectivity index (χ0v) is 14.7. The average molecular weight is 336 g/mol. The maximum absolute atomic E-state index is 5.90. The lowest BCUT2D eigenvalue weighted by atomic mass is 9.83. The van der Waals surface area contributed by atoms with E-state index < -0.39 is 0 Å². The van der Waals surface area contributed by atoms with Crippen molar-refractivity contribution in [3.63, 3.8) is 0 Å². The molecule has 0 unspecified atom stereocenters. The number of pyridine rings is 2. The normalized spacial score (nSPS) is 15.2. The molecule has 2 N–H and O–H groups in total. The van der Waals surface area contributed by atoms with Gasteiger partial charge >= 0.3 is 0 Å². The van der Waals surface area contributed by atoms with Crippen LogP contribution in [0, 0.1) is 6.92 Å². The molecular weight excluding hydrogens is 316 g/mol. The third-order valence-corrected chi connectivity index (χ3v) is 6.19. The fourth-order valence-electron chi connectivity index (χ4n) is 3.21. The summed E-state index contributed by atoms with van der Waals surface area (Å²) in [4.78, 5) is 15.9. The van der Waals surface area contributed by atoms with Gasteiger partial charge in [-0.25, -0.2) is 9.97 Å². The predicted octanol–water partition coefficient (Wildman–Crippen LogP) is 4.57. The van der Waals surface area contributed by atoms with Gasteiger partial charge < -0.3 is 5.73 Å². The number of fused-ring (bicyclic) bond motifs is 1. The number of nitrogens with two attached hydrogens (primary N) is 1. The maximum Gasteiger partial charge on any atom is 0.132 e. The highest BCUT2D eigenvalue weighted by Gasteiger charge is 2.24. The highest BCUT2D eigenvalue weighted by molar-refractivity contribution is 7.19. The molecule has 1 saturated carbocycles. The number of anilines is 1. The SMILES string of the molecule is CN=Cc1cc(-c2ccc3c(C)c(C4CCC4)sc3n2)cnc1N. The van der Waals surface area contributed by atoms with Gasteiger partial charge in [-0.15, -0.1) is 11.3 Å². The first-order chi connectivity index (χ1) is 11.7. The van der Waals surface area contributed by atoms with Crippen molar-refractivity contribution in [1.29, 1.82) is 0 Å². The second-order valence-corrected chi connectivity index (χ2v) is 7.38. The molecule has 3 aromatic rings. The molecule has 1 aliphatic rings. The summed E-state index contributed by atoms with van der Waals surface area (Å²) in [5, 5.41) is 1.28. The number of aryl methyl sites for hydroxylation is 1. The average Bonchev–Trinajstić information content (AvgIpc) is 2.84. The molecule has 5 heteroatoms. The van der Waals surface area contributed by atoms with E-state index in [2.05, 4.69) is 29.0 Å². The summed E-state index contributed by atoms with van der Waals surface area (Å²) in [6.07, 6.45) is 7.51. The van der Waals surface area contributed by atoms with Gasteiger partial charge in [0.1, 0.15) is 10.6 Å². The minimum absolute atomic E-state index is 0.490. The van der Waals surface area contributed by atoms with Crippen molar-refractivity contribution in [3.05, 3.63) is 40.4 Å². The molecule has 24 heavy (non-hydrogen) atoms. The topological polar surface area (TPSA) is 64.2 Å². The summed E-state index contributed by atoms with van der Waals surface area (Å²) < 4.78 is 0. The molecule has 3 aromatic heterocycles. The summed E-state index contributed by atoms with van der Waals surface area (Å²) in [6.45, 7) is 2.23. The van der Waals surface area contributed by atoms with Crippen molar-refractivity contribution in [3.8, 4) is 11.3 Å². The third kappa shape index (κ3) is 2.49. The van der Waals surface area contributed by atoms with Crippen LogP contribution in [-0.4, -0.2) is 23.2 Å². The maximum atomic E-state index is 5.90. The van der Waals surface area contributed by atoms with Gasteiger partial charge in [-0.3, -0.25) is 4.99 Å². The Kier molecular flexibility index (Phi) is 3.81. The van der Waals surface area contributed by atoms with Gasteiger partial charge in [-0.05, 0) is 49.4 Å². The van der Waals surface area contributed by atoms with Crippen LogP contribution in [-0.2, 0) is 0 Å². The van der Waals surface area contributed by atoms with Crippen LogP contribution < -0.4 is 5.73 Å². The van der Waals surface area contributed by atoms with Crippen molar-refractivity contribution in [2.75, 3.05) is 12.8 Å². The Morgan fingerprint density at radius 1 is 1.33 bits per heavy atom. The number of aromatic nitrogens is 2. The number of nitrogens with zero attached hydrogens (tertiary/aromatic N) is 3. The summed E-state index contributed by atoms with van der Waals surface area (Å²) in [7, 11) is 1.73. The fraction of sp³-hybridized carbons (Fsp3) is 0.316. The number of nitrogen functional groups attached to an aromatic ring is 1. The molecule has 0 spiro atoms. The molecule has 3 heterocycles. The van der Waals surface area contributed by atoms with Gasteiger partial charge in [-0.2, -0.15) is 0 Å². The van der Waals surface area contributed by atoms with E-state index in [1.807, 2.05) is 17.4 Å². The van der Waals surface area contributed by atoms with Crippen molar-refractivity contribution >= 4 is 33.6 Å². The Labute approximate surface area is 145 Å². The number of hydrogen-bond acceptors (Lipinski definition) is 5. The van der Waals surface area contributed by atoms with E-state index in [1.165, 1.54) is 35.1 Å². The van der Waals surface area contributed by atoms with E-state index in [9.17, 15) is 0 Å². The van der Waals surface area contributed by atoms with Gasteiger partial charge in [-0.1, -0.05) is 6.42 Å². The third-order valence-electron chi connectivity index (χ3n) is 4.83. The lowest BCUT2D eigenvalue weighted by Gasteiger charge is -2.24. The first-order valence-corrected chi connectivity index (χ1v) is 9.07. The Bertz CT molecular complexity index is 938. The molecule has 0 atom stereocenters. The van der Waals surface area contributed by atoms with Crippen molar-refractivity contribution in [1.82, 2.24) is 9.97 Å². The molecule has 0 saturated heterocycles. The zero-order valence-electron chi connectivity index (χ0n) is 13.9. The highest BCUT2D eigenvalue weighted by atomic mass is 32.1. The number of rotatable bonds is 3. The summed E-state index contributed by atoms with van der Waals surface area (Å²) in [5.41, 5.74) is 10.0. The van der Waals surface area contributed by atoms with Crippen molar-refractivity contribution in [2.45, 2.75) is 32.1 Å². The number of hydrogen-bond donors (Lipinski definition) is 1. The molecule has 4 rings (SSSR count). The van der Waals surface area contributed by atoms with Crippen LogP contribution in [0.3, 0.4) is 0 Å². The van der Waals surface area contributed by atoms with Crippen LogP contribution in [0.1, 0.15) is 41.2 Å². The summed E-state index contributed by atoms with van der Waals surface area (Å²) >= 11 is 1.85. The minimum Gasteiger partial charge on any atom is -0.383 e. The van der Waals surface area contributed by atoms with Crippen molar-refractivity contribution < 1.29 is 0 Å². The lowest BCUT2D eigenvalue weighted by molar-refractivity contribution is 0.424. The van der Waals surface area contributed by atoms with Crippen LogP contribution in [0.25, 0.3) is 21.5 Å². The smallest absolute Gasteiger partial charge is 0.132 e. The number of thiophene rings is 1. The Morgan fingerprint density at radius 3 is 2.88 bits per heavy atom. The van der Waals surface area contributed by atoms with Crippen LogP contribution >= 0.6 is 11.3 Å². The van der Waals surface area contributed by atoms with Gasteiger partial charge in [0.2, 0.25) is 0 Å². The molecule has 0 aromatic carbocycles. The standard InChI is InChI=1S/C19H20N4S/c1-11-15-6-7-16(13-8-14(9-21-2)18(20)22-10-13)23-19(15)24-17(11)12-4-3-5-12/h6-10,12H,3-5H2,1-2H3,(H2,20,22). The van der Waals surface area contributed by atoms with E-state index in [1.54, 1.807) is 19.5 Å². The monoisotopic (exact) mass is 336 g/mol. The van der Waals surface area contributed by atoms with E-state index in [4.69, 9.17) is 10.7 Å². The zero-order chi connectivity index (χ0) is 16.7. The minimum atomic E-state index is 0.490. The molecule has 0 radical (unpaired) electrons. The second kappa shape index (κ2) is 5.98. The molecular formula is C19H20N4S. The van der Waals surface area contributed by atoms with Gasteiger partial charge in [0.25, 0.3) is 0 Å². The van der Waals surface area contributed by atoms with Gasteiger partial charge in [0.15, 0.2) is 0 Å². The van der Waals surface area contributed by atoms with Crippen molar-refractivity contribution in [2.24, 2.45) is 4.99 Å². The van der Waals surface area contributed by atoms with Crippen LogP contribution in [0.15, 0.2) is 29.4 Å². The van der Waals surface area contributed by atoms with Crippen LogP contribution in [0.5, 0.6) is 0 Å². The quantitative estimate of drug-likeness (QED) is 0.713. The molecule has 122 valence electrons. The first-order valence-electron chi connectivity index (χ1n) is 8.25. The van der Waals surface area contributed by atoms with Crippen LogP contribution in [0.4, 0.5) is 5.82 Å². The van der Waals surface area contributed by atoms with Crippen LogP contribution in [0.2, 0.25) is 0 Å². The Morgan fingerprint density at radius 2 is 2.17 bits per heavy atom. The molecule has 0 aliphatic heterocycles. The highest BCUT2D eigenvalue weighted by Crippen LogP contribution is 2.44. The van der Waals surface area contributed by atoms with E-state index in [0.717, 1.165) is 27.6 Å². The Hall–Kier alpha value is -2.27. The predicted molar refractivity (Wildman–Crippen MR) is 102 cm³/mol. The number of aliphatic imine (C=N–C) groups is 1.